The fourth-order valence-electron chi connectivity index (χ4n) is 8.66. The fraction of sp³-hybridized carbons (Fsp3) is 0.797. The minimum absolute atomic E-state index is 0.0790. The van der Waals surface area contributed by atoms with Crippen LogP contribution < -0.4 is 0 Å². The molecule has 0 spiro atoms. The third kappa shape index (κ3) is 56.0. The molecule has 0 aliphatic heterocycles. The van der Waals surface area contributed by atoms with E-state index in [1.807, 2.05) is 0 Å². The molecule has 6 nitrogen and oxygen atoms in total. The van der Waals surface area contributed by atoms with Crippen LogP contribution in [-0.2, 0) is 28.6 Å². The van der Waals surface area contributed by atoms with Crippen LogP contribution in [0.1, 0.15) is 310 Å². The predicted molar refractivity (Wildman–Crippen MR) is 302 cm³/mol. The first-order chi connectivity index (χ1) is 34.5. The lowest BCUT2D eigenvalue weighted by Gasteiger charge is -2.18. The topological polar surface area (TPSA) is 78.9 Å². The van der Waals surface area contributed by atoms with Crippen LogP contribution in [0.25, 0.3) is 0 Å². The highest BCUT2D eigenvalue weighted by atomic mass is 16.6. The largest absolute Gasteiger partial charge is 0.462 e. The Morgan fingerprint density at radius 1 is 0.286 bits per heavy atom. The van der Waals surface area contributed by atoms with Crippen molar-refractivity contribution in [1.82, 2.24) is 0 Å². The molecule has 1 unspecified atom stereocenters. The Bertz CT molecular complexity index is 1260. The minimum atomic E-state index is -0.783. The van der Waals surface area contributed by atoms with E-state index >= 15 is 0 Å². The van der Waals surface area contributed by atoms with Crippen molar-refractivity contribution >= 4 is 17.9 Å². The first-order valence-electron chi connectivity index (χ1n) is 30.3. The van der Waals surface area contributed by atoms with Crippen molar-refractivity contribution in [3.8, 4) is 0 Å². The second kappa shape index (κ2) is 58.7. The van der Waals surface area contributed by atoms with Crippen LogP contribution in [0.5, 0.6) is 0 Å². The second-order valence-corrected chi connectivity index (χ2v) is 20.3. The molecule has 0 aliphatic carbocycles. The van der Waals surface area contributed by atoms with E-state index in [9.17, 15) is 14.4 Å². The maximum Gasteiger partial charge on any atom is 0.306 e. The van der Waals surface area contributed by atoms with Gasteiger partial charge in [-0.1, -0.05) is 261 Å². The minimum Gasteiger partial charge on any atom is -0.462 e. The highest BCUT2D eigenvalue weighted by molar-refractivity contribution is 5.71. The molecule has 0 heterocycles. The number of carbonyl (C=O) groups excluding carboxylic acids is 3. The van der Waals surface area contributed by atoms with Crippen LogP contribution >= 0.6 is 0 Å². The Balaban J connectivity index is 4.39. The van der Waals surface area contributed by atoms with Crippen LogP contribution in [-0.4, -0.2) is 37.2 Å². The van der Waals surface area contributed by atoms with Gasteiger partial charge in [0.25, 0.3) is 0 Å². The van der Waals surface area contributed by atoms with Crippen molar-refractivity contribution in [1.29, 1.82) is 0 Å². The van der Waals surface area contributed by atoms with Gasteiger partial charge in [0.2, 0.25) is 0 Å². The molecule has 0 radical (unpaired) electrons. The lowest BCUT2D eigenvalue weighted by molar-refractivity contribution is -0.167. The van der Waals surface area contributed by atoms with Crippen LogP contribution in [0.4, 0.5) is 0 Å². The van der Waals surface area contributed by atoms with Crippen molar-refractivity contribution in [2.24, 2.45) is 0 Å². The van der Waals surface area contributed by atoms with Crippen molar-refractivity contribution in [3.63, 3.8) is 0 Å². The Hall–Kier alpha value is -2.89. The summed E-state index contributed by atoms with van der Waals surface area (Å²) in [5.41, 5.74) is 0. The van der Waals surface area contributed by atoms with Gasteiger partial charge in [0, 0.05) is 19.3 Å². The van der Waals surface area contributed by atoms with E-state index in [-0.39, 0.29) is 31.1 Å². The third-order valence-electron chi connectivity index (χ3n) is 13.2. The van der Waals surface area contributed by atoms with Gasteiger partial charge in [-0.3, -0.25) is 14.4 Å². The molecule has 70 heavy (non-hydrogen) atoms. The summed E-state index contributed by atoms with van der Waals surface area (Å²) in [5, 5.41) is 0. The molecule has 0 aromatic carbocycles. The number of ether oxygens (including phenoxy) is 3. The average molecular weight is 980 g/mol. The molecule has 0 bridgehead atoms. The summed E-state index contributed by atoms with van der Waals surface area (Å²) in [6, 6.07) is 0. The van der Waals surface area contributed by atoms with Crippen molar-refractivity contribution in [3.05, 3.63) is 60.8 Å². The van der Waals surface area contributed by atoms with E-state index in [4.69, 9.17) is 14.2 Å². The average Bonchev–Trinajstić information content (AvgIpc) is 3.36. The number of allylic oxidation sites excluding steroid dienone is 10. The third-order valence-corrected chi connectivity index (χ3v) is 13.2. The summed E-state index contributed by atoms with van der Waals surface area (Å²) in [5.74, 6) is -0.885. The number of unbranched alkanes of at least 4 members (excludes halogenated alkanes) is 34. The van der Waals surface area contributed by atoms with E-state index in [1.165, 1.54) is 180 Å². The van der Waals surface area contributed by atoms with Gasteiger partial charge in [-0.2, -0.15) is 0 Å². The number of carbonyl (C=O) groups is 3. The number of hydrogen-bond acceptors (Lipinski definition) is 6. The molecule has 0 amide bonds. The molecule has 0 fully saturated rings. The SMILES string of the molecule is CCCCC/C=C\C/C=C\C/C=C\CCCCCCCCC(=O)OCC(COC(=O)CCCCCCCCCCCCCCCCCC)OC(=O)CCCCCCCCC/C=C\C/C=C\CCCCC. The maximum atomic E-state index is 12.9. The quantitative estimate of drug-likeness (QED) is 0.0261. The number of hydrogen-bond donors (Lipinski definition) is 0. The van der Waals surface area contributed by atoms with Crippen molar-refractivity contribution < 1.29 is 28.6 Å². The Morgan fingerprint density at radius 3 is 0.829 bits per heavy atom. The summed E-state index contributed by atoms with van der Waals surface area (Å²) in [4.78, 5) is 38.2. The molecular formula is C64H114O6. The van der Waals surface area contributed by atoms with Crippen LogP contribution in [0.15, 0.2) is 60.8 Å². The standard InChI is InChI=1S/C64H114O6/c1-4-7-10-13-16-19-22-25-28-31-32-34-36-39-42-45-48-51-54-57-63(66)69-60-61(59-68-62(65)56-53-50-47-44-41-38-35-30-27-24-21-18-15-12-9-6-3)70-64(67)58-55-52-49-46-43-40-37-33-29-26-23-20-17-14-11-8-5-2/h16-17,19-20,25-26,28-29,32,34,61H,4-15,18,21-24,27,30-31,33,35-60H2,1-3H3/b19-16-,20-17-,28-25-,29-26-,34-32-. The molecule has 0 aromatic rings. The second-order valence-electron chi connectivity index (χ2n) is 20.3. The monoisotopic (exact) mass is 979 g/mol. The van der Waals surface area contributed by atoms with Gasteiger partial charge in [0.1, 0.15) is 13.2 Å². The lowest BCUT2D eigenvalue weighted by Crippen LogP contribution is -2.30. The van der Waals surface area contributed by atoms with Gasteiger partial charge in [-0.15, -0.1) is 0 Å². The van der Waals surface area contributed by atoms with E-state index in [0.717, 1.165) is 89.9 Å². The van der Waals surface area contributed by atoms with Gasteiger partial charge in [0.15, 0.2) is 6.10 Å². The molecule has 0 rings (SSSR count). The Morgan fingerprint density at radius 2 is 0.514 bits per heavy atom. The molecule has 0 saturated heterocycles. The molecule has 0 aromatic heterocycles. The zero-order valence-electron chi connectivity index (χ0n) is 46.5. The number of esters is 3. The van der Waals surface area contributed by atoms with E-state index in [2.05, 4.69) is 81.5 Å². The first kappa shape index (κ1) is 67.1. The Labute approximate surface area is 434 Å². The molecule has 0 aliphatic rings. The smallest absolute Gasteiger partial charge is 0.306 e. The summed E-state index contributed by atoms with van der Waals surface area (Å²) < 4.78 is 16.9. The molecule has 0 saturated carbocycles. The van der Waals surface area contributed by atoms with E-state index in [1.54, 1.807) is 0 Å². The van der Waals surface area contributed by atoms with Crippen molar-refractivity contribution in [2.45, 2.75) is 316 Å². The zero-order chi connectivity index (χ0) is 50.7. The molecule has 1 atom stereocenters. The molecule has 6 heteroatoms. The van der Waals surface area contributed by atoms with Gasteiger partial charge in [0.05, 0.1) is 0 Å². The summed E-state index contributed by atoms with van der Waals surface area (Å²) in [6.45, 7) is 6.61. The van der Waals surface area contributed by atoms with Crippen LogP contribution in [0.3, 0.4) is 0 Å². The number of rotatable bonds is 55. The zero-order valence-corrected chi connectivity index (χ0v) is 46.5. The molecule has 0 N–H and O–H groups in total. The predicted octanol–water partition coefficient (Wildman–Crippen LogP) is 20.4. The van der Waals surface area contributed by atoms with Crippen LogP contribution in [0, 0.1) is 0 Å². The summed E-state index contributed by atoms with van der Waals surface area (Å²) >= 11 is 0. The van der Waals surface area contributed by atoms with E-state index < -0.39 is 6.10 Å². The van der Waals surface area contributed by atoms with Crippen LogP contribution in [0.2, 0.25) is 0 Å². The van der Waals surface area contributed by atoms with Crippen molar-refractivity contribution in [2.75, 3.05) is 13.2 Å². The van der Waals surface area contributed by atoms with Gasteiger partial charge >= 0.3 is 17.9 Å². The maximum absolute atomic E-state index is 12.9. The van der Waals surface area contributed by atoms with Gasteiger partial charge in [-0.05, 0) is 89.9 Å². The molecular weight excluding hydrogens is 865 g/mol. The highest BCUT2D eigenvalue weighted by Crippen LogP contribution is 2.16. The highest BCUT2D eigenvalue weighted by Gasteiger charge is 2.19. The van der Waals surface area contributed by atoms with Gasteiger partial charge in [-0.25, -0.2) is 0 Å². The summed E-state index contributed by atoms with van der Waals surface area (Å²) in [6.07, 6.45) is 73.5. The van der Waals surface area contributed by atoms with E-state index in [0.29, 0.717) is 19.3 Å². The van der Waals surface area contributed by atoms with Gasteiger partial charge < -0.3 is 14.2 Å². The summed E-state index contributed by atoms with van der Waals surface area (Å²) in [7, 11) is 0. The normalized spacial score (nSPS) is 12.4. The first-order valence-corrected chi connectivity index (χ1v) is 30.3. The lowest BCUT2D eigenvalue weighted by atomic mass is 10.0. The fourth-order valence-corrected chi connectivity index (χ4v) is 8.66. The molecule has 406 valence electrons. The Kier molecular flexibility index (Phi) is 56.3.